The zero-order valence-electron chi connectivity index (χ0n) is 23.9. The summed E-state index contributed by atoms with van der Waals surface area (Å²) in [6, 6.07) is 24.6. The van der Waals surface area contributed by atoms with Crippen molar-refractivity contribution < 1.29 is 32.3 Å². The van der Waals surface area contributed by atoms with E-state index in [1.807, 2.05) is 6.07 Å². The average Bonchev–Trinajstić information content (AvgIpc) is 3.01. The Morgan fingerprint density at radius 3 is 2.25 bits per heavy atom. The third-order valence-corrected chi connectivity index (χ3v) is 6.71. The van der Waals surface area contributed by atoms with Crippen molar-refractivity contribution in [2.45, 2.75) is 25.4 Å². The van der Waals surface area contributed by atoms with Gasteiger partial charge in [-0.15, -0.1) is 0 Å². The zero-order chi connectivity index (χ0) is 31.9. The standard InChI is InChI=1S/C34H28F3N3O4/c1-40(2)33(43)27-20-22(8-6-13-30(41)44-25-17-14-23(21-38)15-18-25)16-19-29(27)39-32(42)31-26(24-9-4-3-5-10-24)11-7-12-28(31)34(35,36)37/h3-5,7,9-12,14-20H,6,8,13H2,1-2H3,(H,39,42). The summed E-state index contributed by atoms with van der Waals surface area (Å²) in [6.07, 6.45) is -3.95. The number of hydrogen-bond donors (Lipinski definition) is 1. The predicted octanol–water partition coefficient (Wildman–Crippen LogP) is 7.13. The number of alkyl halides is 3. The number of anilines is 1. The number of aryl methyl sites for hydroxylation is 1. The molecular weight excluding hydrogens is 571 g/mol. The van der Waals surface area contributed by atoms with Crippen LogP contribution in [0.4, 0.5) is 18.9 Å². The highest BCUT2D eigenvalue weighted by molar-refractivity contribution is 6.12. The minimum absolute atomic E-state index is 0.0497. The SMILES string of the molecule is CN(C)C(=O)c1cc(CCCC(=O)Oc2ccc(C#N)cc2)ccc1NC(=O)c1c(-c2ccccc2)cccc1C(F)(F)F. The van der Waals surface area contributed by atoms with E-state index in [4.69, 9.17) is 10.00 Å². The Labute approximate surface area is 252 Å². The monoisotopic (exact) mass is 599 g/mol. The highest BCUT2D eigenvalue weighted by Gasteiger charge is 2.37. The molecular formula is C34H28F3N3O4. The number of nitrogens with one attached hydrogen (secondary N) is 1. The van der Waals surface area contributed by atoms with Gasteiger partial charge in [-0.2, -0.15) is 18.4 Å². The normalized spacial score (nSPS) is 10.9. The largest absolute Gasteiger partial charge is 0.427 e. The van der Waals surface area contributed by atoms with Crippen LogP contribution < -0.4 is 10.1 Å². The molecule has 7 nitrogen and oxygen atoms in total. The molecule has 224 valence electrons. The van der Waals surface area contributed by atoms with E-state index < -0.39 is 35.1 Å². The Balaban J connectivity index is 1.56. The van der Waals surface area contributed by atoms with Gasteiger partial charge in [0.05, 0.1) is 34.0 Å². The van der Waals surface area contributed by atoms with E-state index in [-0.39, 0.29) is 23.2 Å². The molecule has 0 aliphatic rings. The Kier molecular flexibility index (Phi) is 9.81. The van der Waals surface area contributed by atoms with Gasteiger partial charge in [0.2, 0.25) is 0 Å². The lowest BCUT2D eigenvalue weighted by Crippen LogP contribution is -2.25. The Hall–Kier alpha value is -5.43. The molecule has 0 spiro atoms. The molecule has 2 amide bonds. The summed E-state index contributed by atoms with van der Waals surface area (Å²) in [7, 11) is 3.04. The highest BCUT2D eigenvalue weighted by Crippen LogP contribution is 2.37. The first kappa shape index (κ1) is 31.5. The van der Waals surface area contributed by atoms with Crippen LogP contribution in [0, 0.1) is 11.3 Å². The van der Waals surface area contributed by atoms with Crippen molar-refractivity contribution in [3.8, 4) is 22.9 Å². The summed E-state index contributed by atoms with van der Waals surface area (Å²) in [6.45, 7) is 0. The average molecular weight is 600 g/mol. The maximum atomic E-state index is 14.1. The maximum absolute atomic E-state index is 14.1. The molecule has 0 fully saturated rings. The summed E-state index contributed by atoms with van der Waals surface area (Å²) in [4.78, 5) is 40.2. The van der Waals surface area contributed by atoms with Crippen molar-refractivity contribution in [2.75, 3.05) is 19.4 Å². The number of amides is 2. The molecule has 4 rings (SSSR count). The number of ether oxygens (including phenoxy) is 1. The topological polar surface area (TPSA) is 99.5 Å². The van der Waals surface area contributed by atoms with Crippen LogP contribution in [0.25, 0.3) is 11.1 Å². The minimum Gasteiger partial charge on any atom is -0.427 e. The van der Waals surface area contributed by atoms with Crippen LogP contribution in [0.2, 0.25) is 0 Å². The van der Waals surface area contributed by atoms with E-state index in [9.17, 15) is 27.6 Å². The lowest BCUT2D eigenvalue weighted by atomic mass is 9.94. The molecule has 0 aromatic heterocycles. The van der Waals surface area contributed by atoms with Crippen molar-refractivity contribution in [1.29, 1.82) is 5.26 Å². The molecule has 0 saturated heterocycles. The molecule has 4 aromatic rings. The molecule has 0 radical (unpaired) electrons. The first-order valence-corrected chi connectivity index (χ1v) is 13.6. The van der Waals surface area contributed by atoms with Crippen molar-refractivity contribution in [2.24, 2.45) is 0 Å². The molecule has 0 heterocycles. The Morgan fingerprint density at radius 2 is 1.61 bits per heavy atom. The van der Waals surface area contributed by atoms with Crippen LogP contribution in [0.3, 0.4) is 0 Å². The van der Waals surface area contributed by atoms with Crippen LogP contribution in [0.1, 0.15) is 50.2 Å². The fourth-order valence-electron chi connectivity index (χ4n) is 4.57. The number of hydrogen-bond acceptors (Lipinski definition) is 5. The molecule has 0 atom stereocenters. The summed E-state index contributed by atoms with van der Waals surface area (Å²) >= 11 is 0. The molecule has 0 aliphatic heterocycles. The van der Waals surface area contributed by atoms with E-state index in [1.54, 1.807) is 42.5 Å². The first-order valence-electron chi connectivity index (χ1n) is 13.6. The van der Waals surface area contributed by atoms with Crippen LogP contribution in [-0.4, -0.2) is 36.8 Å². The third kappa shape index (κ3) is 7.69. The summed E-state index contributed by atoms with van der Waals surface area (Å²) in [5.74, 6) is -1.63. The zero-order valence-corrected chi connectivity index (χ0v) is 23.9. The summed E-state index contributed by atoms with van der Waals surface area (Å²) in [5.41, 5.74) is 0.138. The molecule has 1 N–H and O–H groups in total. The number of esters is 1. The fourth-order valence-corrected chi connectivity index (χ4v) is 4.57. The minimum atomic E-state index is -4.80. The van der Waals surface area contributed by atoms with Crippen molar-refractivity contribution in [3.05, 3.63) is 119 Å². The summed E-state index contributed by atoms with van der Waals surface area (Å²) in [5, 5.41) is 11.4. The Bertz CT molecular complexity index is 1710. The van der Waals surface area contributed by atoms with Gasteiger partial charge in [0.15, 0.2) is 0 Å². The van der Waals surface area contributed by atoms with Crippen LogP contribution >= 0.6 is 0 Å². The van der Waals surface area contributed by atoms with Gasteiger partial charge in [-0.05, 0) is 72.0 Å². The number of halogens is 3. The Morgan fingerprint density at radius 1 is 0.909 bits per heavy atom. The van der Waals surface area contributed by atoms with Gasteiger partial charge in [-0.1, -0.05) is 48.5 Å². The van der Waals surface area contributed by atoms with Gasteiger partial charge in [-0.25, -0.2) is 0 Å². The first-order chi connectivity index (χ1) is 21.0. The number of nitriles is 1. The lowest BCUT2D eigenvalue weighted by Gasteiger charge is -2.19. The highest BCUT2D eigenvalue weighted by atomic mass is 19.4. The van der Waals surface area contributed by atoms with E-state index in [0.717, 1.165) is 6.07 Å². The van der Waals surface area contributed by atoms with Crippen LogP contribution in [-0.2, 0) is 17.4 Å². The molecule has 4 aromatic carbocycles. The van der Waals surface area contributed by atoms with Gasteiger partial charge in [0.25, 0.3) is 11.8 Å². The lowest BCUT2D eigenvalue weighted by molar-refractivity contribution is -0.138. The fraction of sp³-hybridized carbons (Fsp3) is 0.176. The smallest absolute Gasteiger partial charge is 0.417 e. The number of rotatable bonds is 9. The number of carbonyl (C=O) groups is 3. The molecule has 44 heavy (non-hydrogen) atoms. The second-order valence-corrected chi connectivity index (χ2v) is 10.1. The molecule has 0 aliphatic carbocycles. The van der Waals surface area contributed by atoms with Gasteiger partial charge >= 0.3 is 12.1 Å². The second kappa shape index (κ2) is 13.7. The van der Waals surface area contributed by atoms with E-state index in [0.29, 0.717) is 35.3 Å². The van der Waals surface area contributed by atoms with Gasteiger partial charge < -0.3 is 15.0 Å². The molecule has 10 heteroatoms. The molecule has 0 saturated carbocycles. The van der Waals surface area contributed by atoms with Gasteiger partial charge in [0, 0.05) is 20.5 Å². The molecule has 0 bridgehead atoms. The van der Waals surface area contributed by atoms with Crippen molar-refractivity contribution in [1.82, 2.24) is 4.90 Å². The summed E-state index contributed by atoms with van der Waals surface area (Å²) < 4.78 is 47.4. The van der Waals surface area contributed by atoms with E-state index >= 15 is 0 Å². The predicted molar refractivity (Wildman–Crippen MR) is 159 cm³/mol. The van der Waals surface area contributed by atoms with E-state index in [1.165, 1.54) is 61.5 Å². The maximum Gasteiger partial charge on any atom is 0.417 e. The third-order valence-electron chi connectivity index (χ3n) is 6.71. The number of carbonyl (C=O) groups excluding carboxylic acids is 3. The van der Waals surface area contributed by atoms with Crippen LogP contribution in [0.5, 0.6) is 5.75 Å². The van der Waals surface area contributed by atoms with Crippen molar-refractivity contribution >= 4 is 23.5 Å². The van der Waals surface area contributed by atoms with Crippen LogP contribution in [0.15, 0.2) is 91.0 Å². The number of nitrogens with zero attached hydrogens (tertiary/aromatic N) is 2. The quantitative estimate of drug-likeness (QED) is 0.163. The second-order valence-electron chi connectivity index (χ2n) is 10.1. The number of benzene rings is 4. The van der Waals surface area contributed by atoms with Crippen molar-refractivity contribution in [3.63, 3.8) is 0 Å². The van der Waals surface area contributed by atoms with Gasteiger partial charge in [-0.3, -0.25) is 14.4 Å². The van der Waals surface area contributed by atoms with E-state index in [2.05, 4.69) is 5.32 Å². The molecule has 0 unspecified atom stereocenters. The van der Waals surface area contributed by atoms with Gasteiger partial charge in [0.1, 0.15) is 5.75 Å².